The van der Waals surface area contributed by atoms with E-state index in [0.717, 1.165) is 11.0 Å². The van der Waals surface area contributed by atoms with Crippen molar-refractivity contribution in [1.29, 1.82) is 0 Å². The van der Waals surface area contributed by atoms with Gasteiger partial charge >= 0.3 is 0 Å². The first kappa shape index (κ1) is 9.48. The van der Waals surface area contributed by atoms with Crippen LogP contribution in [0.15, 0.2) is 17.8 Å². The largest absolute Gasteiger partial charge is 0.352 e. The molecule has 0 saturated carbocycles. The molecule has 0 aliphatic heterocycles. The number of anilines is 1. The molecule has 2 rings (SSSR count). The van der Waals surface area contributed by atoms with Gasteiger partial charge in [0, 0.05) is 17.8 Å². The molecule has 2 N–H and O–H groups in total. The monoisotopic (exact) mass is 228 g/mol. The lowest BCUT2D eigenvalue weighted by atomic mass is 10.3. The number of hydrogen-bond donors (Lipinski definition) is 2. The summed E-state index contributed by atoms with van der Waals surface area (Å²) in [6.07, 6.45) is 3.52. The maximum atomic E-state index is 5.70. The number of nitrogens with zero attached hydrogens (tertiary/aromatic N) is 2. The first-order valence-electron chi connectivity index (χ1n) is 4.12. The van der Waals surface area contributed by atoms with Crippen molar-refractivity contribution in [3.8, 4) is 0 Å². The average Bonchev–Trinajstić information content (AvgIpc) is 2.75. The molecule has 1 atom stereocenters. The van der Waals surface area contributed by atoms with Gasteiger partial charge in [0.05, 0.1) is 6.04 Å². The number of rotatable bonds is 3. The van der Waals surface area contributed by atoms with Crippen molar-refractivity contribution in [2.45, 2.75) is 13.0 Å². The number of H-pyrrole nitrogens is 1. The van der Waals surface area contributed by atoms with Crippen LogP contribution in [0.2, 0.25) is 5.15 Å². The second-order valence-electron chi connectivity index (χ2n) is 2.82. The Hall–Kier alpha value is -1.07. The van der Waals surface area contributed by atoms with Crippen LogP contribution in [-0.2, 0) is 0 Å². The minimum Gasteiger partial charge on any atom is -0.352 e. The van der Waals surface area contributed by atoms with Gasteiger partial charge in [0.15, 0.2) is 5.13 Å². The van der Waals surface area contributed by atoms with Crippen LogP contribution in [0, 0.1) is 0 Å². The van der Waals surface area contributed by atoms with Crippen molar-refractivity contribution in [1.82, 2.24) is 15.0 Å². The molecule has 0 spiro atoms. The highest BCUT2D eigenvalue weighted by Gasteiger charge is 2.08. The first-order chi connectivity index (χ1) is 6.75. The third-order valence-corrected chi connectivity index (χ3v) is 2.84. The van der Waals surface area contributed by atoms with Gasteiger partial charge in [-0.15, -0.1) is 11.3 Å². The number of aromatic nitrogens is 3. The maximum absolute atomic E-state index is 5.70. The van der Waals surface area contributed by atoms with Crippen LogP contribution in [-0.4, -0.2) is 15.0 Å². The van der Waals surface area contributed by atoms with E-state index in [1.807, 2.05) is 6.92 Å². The molecule has 2 aromatic rings. The van der Waals surface area contributed by atoms with E-state index in [9.17, 15) is 0 Å². The topological polar surface area (TPSA) is 53.6 Å². The Bertz CT molecular complexity index is 397. The highest BCUT2D eigenvalue weighted by atomic mass is 35.5. The Labute approximate surface area is 90.4 Å². The molecule has 14 heavy (non-hydrogen) atoms. The molecular weight excluding hydrogens is 220 g/mol. The number of nitrogens with one attached hydrogen (secondary N) is 2. The smallest absolute Gasteiger partial charge is 0.184 e. The summed E-state index contributed by atoms with van der Waals surface area (Å²) in [5.74, 6) is 0.885. The molecule has 0 bridgehead atoms. The molecule has 0 aliphatic rings. The molecule has 2 heterocycles. The summed E-state index contributed by atoms with van der Waals surface area (Å²) in [5.41, 5.74) is 0. The minimum absolute atomic E-state index is 0.104. The maximum Gasteiger partial charge on any atom is 0.184 e. The Morgan fingerprint density at radius 2 is 2.50 bits per heavy atom. The molecule has 1 unspecified atom stereocenters. The van der Waals surface area contributed by atoms with Crippen LogP contribution in [0.1, 0.15) is 18.8 Å². The van der Waals surface area contributed by atoms with Crippen LogP contribution in [0.3, 0.4) is 0 Å². The van der Waals surface area contributed by atoms with Gasteiger partial charge in [-0.3, -0.25) is 0 Å². The second-order valence-corrected chi connectivity index (χ2v) is 4.06. The predicted octanol–water partition coefficient (Wildman–Crippen LogP) is 2.69. The van der Waals surface area contributed by atoms with E-state index in [0.29, 0.717) is 5.15 Å². The summed E-state index contributed by atoms with van der Waals surface area (Å²) >= 11 is 7.18. The van der Waals surface area contributed by atoms with Gasteiger partial charge in [-0.05, 0) is 6.92 Å². The molecule has 0 fully saturated rings. The van der Waals surface area contributed by atoms with E-state index in [-0.39, 0.29) is 6.04 Å². The first-order valence-corrected chi connectivity index (χ1v) is 5.38. The highest BCUT2D eigenvalue weighted by molar-refractivity contribution is 7.14. The number of halogens is 1. The van der Waals surface area contributed by atoms with Crippen LogP contribution < -0.4 is 5.32 Å². The molecule has 0 aliphatic carbocycles. The van der Waals surface area contributed by atoms with Crippen LogP contribution in [0.25, 0.3) is 0 Å². The Morgan fingerprint density at radius 3 is 3.07 bits per heavy atom. The number of aromatic amines is 1. The fraction of sp³-hybridized carbons (Fsp3) is 0.250. The van der Waals surface area contributed by atoms with Crippen molar-refractivity contribution >= 4 is 28.1 Å². The van der Waals surface area contributed by atoms with E-state index in [1.165, 1.54) is 11.3 Å². The highest BCUT2D eigenvalue weighted by Crippen LogP contribution is 2.22. The van der Waals surface area contributed by atoms with E-state index in [1.54, 1.807) is 17.8 Å². The van der Waals surface area contributed by atoms with Gasteiger partial charge in [0.1, 0.15) is 11.0 Å². The van der Waals surface area contributed by atoms with E-state index in [2.05, 4.69) is 20.3 Å². The van der Waals surface area contributed by atoms with Crippen molar-refractivity contribution in [3.05, 3.63) is 28.8 Å². The molecule has 0 amide bonds. The van der Waals surface area contributed by atoms with E-state index in [4.69, 9.17) is 11.6 Å². The summed E-state index contributed by atoms with van der Waals surface area (Å²) in [6.45, 7) is 2.01. The van der Waals surface area contributed by atoms with E-state index >= 15 is 0 Å². The lowest BCUT2D eigenvalue weighted by Crippen LogP contribution is -2.07. The Balaban J connectivity index is 2.05. The lowest BCUT2D eigenvalue weighted by Gasteiger charge is -2.08. The fourth-order valence-electron chi connectivity index (χ4n) is 1.09. The zero-order valence-electron chi connectivity index (χ0n) is 7.49. The molecule has 0 aromatic carbocycles. The van der Waals surface area contributed by atoms with Crippen LogP contribution >= 0.6 is 22.9 Å². The Kier molecular flexibility index (Phi) is 2.69. The molecule has 0 radical (unpaired) electrons. The van der Waals surface area contributed by atoms with Gasteiger partial charge in [-0.25, -0.2) is 9.97 Å². The summed E-state index contributed by atoms with van der Waals surface area (Å²) in [4.78, 5) is 11.3. The molecule has 6 heteroatoms. The standard InChI is InChI=1S/C8H9ClN4S/c1-5(7-10-2-3-11-7)12-8-13-6(9)4-14-8/h2-5H,1H3,(H,10,11)(H,12,13). The molecule has 2 aromatic heterocycles. The SMILES string of the molecule is CC(Nc1nc(Cl)cs1)c1ncc[nH]1. The summed E-state index contributed by atoms with van der Waals surface area (Å²) in [6, 6.07) is 0.104. The Morgan fingerprint density at radius 1 is 1.64 bits per heavy atom. The van der Waals surface area contributed by atoms with Gasteiger partial charge < -0.3 is 10.3 Å². The summed E-state index contributed by atoms with van der Waals surface area (Å²) < 4.78 is 0. The third kappa shape index (κ3) is 2.05. The number of imidazole rings is 1. The normalized spacial score (nSPS) is 12.7. The molecule has 4 nitrogen and oxygen atoms in total. The van der Waals surface area contributed by atoms with Gasteiger partial charge in [-0.2, -0.15) is 0 Å². The second kappa shape index (κ2) is 3.98. The van der Waals surface area contributed by atoms with Crippen molar-refractivity contribution in [3.63, 3.8) is 0 Å². The minimum atomic E-state index is 0.104. The van der Waals surface area contributed by atoms with Gasteiger partial charge in [0.25, 0.3) is 0 Å². The van der Waals surface area contributed by atoms with Crippen molar-refractivity contribution < 1.29 is 0 Å². The number of hydrogen-bond acceptors (Lipinski definition) is 4. The molecule has 74 valence electrons. The van der Waals surface area contributed by atoms with Crippen molar-refractivity contribution in [2.24, 2.45) is 0 Å². The van der Waals surface area contributed by atoms with Gasteiger partial charge in [-0.1, -0.05) is 11.6 Å². The zero-order valence-corrected chi connectivity index (χ0v) is 9.06. The fourth-order valence-corrected chi connectivity index (χ4v) is 2.01. The molecule has 0 saturated heterocycles. The zero-order chi connectivity index (χ0) is 9.97. The lowest BCUT2D eigenvalue weighted by molar-refractivity contribution is 0.808. The predicted molar refractivity (Wildman–Crippen MR) is 57.7 cm³/mol. The van der Waals surface area contributed by atoms with E-state index < -0.39 is 0 Å². The van der Waals surface area contributed by atoms with Crippen molar-refractivity contribution in [2.75, 3.05) is 5.32 Å². The summed E-state index contributed by atoms with van der Waals surface area (Å²) in [5, 5.41) is 6.31. The van der Waals surface area contributed by atoms with Gasteiger partial charge in [0.2, 0.25) is 0 Å². The molecular formula is C8H9ClN4S. The van der Waals surface area contributed by atoms with Crippen LogP contribution in [0.5, 0.6) is 0 Å². The third-order valence-electron chi connectivity index (χ3n) is 1.75. The number of thiazole rings is 1. The van der Waals surface area contributed by atoms with Crippen LogP contribution in [0.4, 0.5) is 5.13 Å². The average molecular weight is 229 g/mol. The quantitative estimate of drug-likeness (QED) is 0.849. The summed E-state index contributed by atoms with van der Waals surface area (Å²) in [7, 11) is 0.